The van der Waals surface area contributed by atoms with E-state index in [9.17, 15) is 0 Å². The van der Waals surface area contributed by atoms with Crippen LogP contribution in [0.5, 0.6) is 0 Å². The smallest absolute Gasteiger partial charge is 0.630 e. The van der Waals surface area contributed by atoms with Crippen molar-refractivity contribution in [3.63, 3.8) is 0 Å². The number of aromatic nitrogens is 3. The predicted octanol–water partition coefficient (Wildman–Crippen LogP) is 9.32. The van der Waals surface area contributed by atoms with Crippen molar-refractivity contribution in [2.75, 3.05) is 0 Å². The van der Waals surface area contributed by atoms with Gasteiger partial charge < -0.3 is 55.5 Å². The van der Waals surface area contributed by atoms with Gasteiger partial charge in [-0.1, -0.05) is 169 Å². The van der Waals surface area contributed by atoms with Gasteiger partial charge in [-0.15, -0.1) is 0 Å². The zero-order valence-electron chi connectivity index (χ0n) is 37.7. The number of hydrogen-bond donors (Lipinski definition) is 0. The first-order chi connectivity index (χ1) is 35.0. The summed E-state index contributed by atoms with van der Waals surface area (Å²) in [5.41, 5.74) is 6.02. The average molecular weight is 963 g/mol. The Hall–Kier alpha value is -8.64. The van der Waals surface area contributed by atoms with Gasteiger partial charge in [-0.05, 0) is 145 Å². The van der Waals surface area contributed by atoms with Gasteiger partial charge in [0.15, 0.2) is 0 Å². The van der Waals surface area contributed by atoms with E-state index >= 15 is 0 Å². The largest absolute Gasteiger partial charge is 5.00 e. The first-order valence-electron chi connectivity index (χ1n) is 23.8. The summed E-state index contributed by atoms with van der Waals surface area (Å²) in [5.74, 6) is -3.28. The van der Waals surface area contributed by atoms with Crippen LogP contribution in [-0.4, -0.2) is 0 Å². The summed E-state index contributed by atoms with van der Waals surface area (Å²) in [4.78, 5) is 50.4. The van der Waals surface area contributed by atoms with Crippen molar-refractivity contribution < 1.29 is 17.1 Å². The van der Waals surface area contributed by atoms with E-state index < -0.39 is 23.9 Å². The van der Waals surface area contributed by atoms with Gasteiger partial charge in [-0.25, -0.2) is 0 Å². The Balaban J connectivity index is 0.00000445. The van der Waals surface area contributed by atoms with E-state index in [1.54, 1.807) is 0 Å². The van der Waals surface area contributed by atoms with Crippen molar-refractivity contribution in [2.24, 2.45) is 30.0 Å². The number of rotatable bonds is 0. The molecule has 17 rings (SSSR count). The Bertz CT molecular complexity index is 4700. The Morgan fingerprint density at radius 2 is 0.528 bits per heavy atom. The quantitative estimate of drug-likeness (QED) is 0.140. The van der Waals surface area contributed by atoms with Crippen LogP contribution in [0.4, 0.5) is 0 Å². The van der Waals surface area contributed by atoms with Crippen LogP contribution in [0.2, 0.25) is 0 Å². The van der Waals surface area contributed by atoms with E-state index in [0.29, 0.717) is 32.9 Å². The molecule has 2 spiro atoms. The topological polar surface area (TPSA) is 145 Å². The van der Waals surface area contributed by atoms with Crippen LogP contribution in [0.15, 0.2) is 212 Å². The molecule has 12 heteroatoms. The van der Waals surface area contributed by atoms with Crippen molar-refractivity contribution in [3.8, 4) is 0 Å². The standard InChI is InChI=1S/C60H32N11.Fe/c1-3-13-33-23-43-41(21-31(33)11-1)51-61-53(43)66-59-50-30-40-20-10-8-18-38(40)28-48(50)58(71-59)64-52-42-22-32-12-2-4-14-34(32)24-44(42)54(62-52)67-60(49-29-39-19-9-7-17-37(39)27-47(49)57(63-51)70-60)69-56-46-26-36-16-6-5-15-35(36)25-45(46)55(65-56)68-59;/h1-30,57-58H;/q-5;+5. The molecule has 0 amide bonds. The minimum atomic E-state index is -1.64. The molecule has 0 fully saturated rings. The fourth-order valence-electron chi connectivity index (χ4n) is 11.6. The molecule has 0 saturated carbocycles. The number of hydrogen-bond acceptors (Lipinski definition) is 6. The maximum absolute atomic E-state index is 5.74. The normalized spacial score (nSPS) is 23.3. The molecule has 0 saturated heterocycles. The van der Waals surface area contributed by atoms with Gasteiger partial charge in [0.05, 0.1) is 0 Å². The fourth-order valence-corrected chi connectivity index (χ4v) is 11.6. The van der Waals surface area contributed by atoms with Crippen LogP contribution in [-0.2, 0) is 28.6 Å². The van der Waals surface area contributed by atoms with Crippen LogP contribution in [0.3, 0.4) is 0 Å². The van der Waals surface area contributed by atoms with Crippen molar-refractivity contribution in [1.29, 1.82) is 0 Å². The monoisotopic (exact) mass is 962 g/mol. The van der Waals surface area contributed by atoms with Gasteiger partial charge in [-0.3, -0.25) is 0 Å². The van der Waals surface area contributed by atoms with Gasteiger partial charge in [0.1, 0.15) is 0 Å². The predicted molar refractivity (Wildman–Crippen MR) is 275 cm³/mol. The van der Waals surface area contributed by atoms with E-state index in [0.717, 1.165) is 108 Å². The Morgan fingerprint density at radius 1 is 0.292 bits per heavy atom. The van der Waals surface area contributed by atoms with Crippen LogP contribution in [0.25, 0.3) is 96.8 Å². The van der Waals surface area contributed by atoms with Crippen molar-refractivity contribution >= 4 is 86.2 Å². The zero-order chi connectivity index (χ0) is 46.2. The first-order valence-corrected chi connectivity index (χ1v) is 23.8. The molecule has 11 nitrogen and oxygen atoms in total. The molecule has 10 bridgehead atoms. The number of fused-ring (bicyclic) bond motifs is 22. The minimum absolute atomic E-state index is 0. The molecule has 13 aromatic rings. The second-order valence-electron chi connectivity index (χ2n) is 19.1. The third kappa shape index (κ3) is 5.57. The molecule has 7 heterocycles. The summed E-state index contributed by atoms with van der Waals surface area (Å²) in [6.07, 6.45) is -1.59. The van der Waals surface area contributed by atoms with E-state index in [4.69, 9.17) is 55.5 Å². The average Bonchev–Trinajstić information content (AvgIpc) is 4.16. The maximum atomic E-state index is 5.74. The molecule has 10 aromatic carbocycles. The molecular weight excluding hydrogens is 931 g/mol. The van der Waals surface area contributed by atoms with E-state index in [1.165, 1.54) is 0 Å². The second-order valence-corrected chi connectivity index (χ2v) is 19.1. The third-order valence-corrected chi connectivity index (χ3v) is 15.0. The van der Waals surface area contributed by atoms with Crippen molar-refractivity contribution in [1.82, 2.24) is 15.0 Å². The van der Waals surface area contributed by atoms with Gasteiger partial charge in [-0.2, -0.15) is 0 Å². The van der Waals surface area contributed by atoms with Crippen LogP contribution in [0, 0.1) is 0 Å². The molecule has 4 aliphatic rings. The van der Waals surface area contributed by atoms with Gasteiger partial charge in [0.2, 0.25) is 0 Å². The van der Waals surface area contributed by atoms with E-state index in [2.05, 4.69) is 158 Å². The maximum Gasteiger partial charge on any atom is 5.00 e. The molecule has 4 aliphatic heterocycles. The first kappa shape index (κ1) is 40.1. The Labute approximate surface area is 417 Å². The van der Waals surface area contributed by atoms with Gasteiger partial charge >= 0.3 is 17.1 Å². The van der Waals surface area contributed by atoms with Gasteiger partial charge in [0, 0.05) is 32.9 Å². The Kier molecular flexibility index (Phi) is 7.94. The van der Waals surface area contributed by atoms with E-state index in [-0.39, 0.29) is 17.1 Å². The van der Waals surface area contributed by atoms with Crippen molar-refractivity contribution in [3.05, 3.63) is 248 Å². The fraction of sp³-hybridized carbons (Fsp3) is 0.0667. The summed E-state index contributed by atoms with van der Waals surface area (Å²) in [6, 6.07) is 63.2. The molecule has 335 valence electrons. The second kappa shape index (κ2) is 14.2. The molecule has 4 unspecified atom stereocenters. The summed E-state index contributed by atoms with van der Waals surface area (Å²) in [6.45, 7) is 0. The molecule has 1 radical (unpaired) electrons. The van der Waals surface area contributed by atoms with Crippen molar-refractivity contribution in [2.45, 2.75) is 23.9 Å². The molecule has 4 atom stereocenters. The van der Waals surface area contributed by atoms with Crippen LogP contribution >= 0.6 is 0 Å². The van der Waals surface area contributed by atoms with Crippen LogP contribution in [0.1, 0.15) is 34.6 Å². The van der Waals surface area contributed by atoms with Gasteiger partial charge in [0.25, 0.3) is 0 Å². The molecule has 72 heavy (non-hydrogen) atoms. The number of nitrogens with zero attached hydrogens (tertiary/aromatic N) is 11. The molecule has 0 aliphatic carbocycles. The summed E-state index contributed by atoms with van der Waals surface area (Å²) >= 11 is 0. The van der Waals surface area contributed by atoms with E-state index in [1.807, 2.05) is 24.3 Å². The summed E-state index contributed by atoms with van der Waals surface area (Å²) in [7, 11) is 0. The summed E-state index contributed by atoms with van der Waals surface area (Å²) in [5, 5.41) is 26.7. The zero-order valence-corrected chi connectivity index (χ0v) is 38.9. The SMILES string of the molecule is [Fe+5].c1ccc2cc3c(cc2c1)C1/N=c2\[n-]/c(c4cc5ccccc5cc24)=N\C24/N=c5\[n-]/c(c6cc7ccccc7cc56)=N\C3(/N=c3\[n-]/c(c5cc6ccccc6cc35)=N\C([N-]2)c2cc3ccccc3cc24)[N-]1. The summed E-state index contributed by atoms with van der Waals surface area (Å²) < 4.78 is 0. The van der Waals surface area contributed by atoms with Crippen LogP contribution < -0.4 is 47.9 Å². The third-order valence-electron chi connectivity index (χ3n) is 15.0. The molecule has 0 N–H and O–H groups in total. The molecule has 3 aromatic heterocycles. The molecular formula is C60H32FeN11. The minimum Gasteiger partial charge on any atom is -0.630 e. The Morgan fingerprint density at radius 3 is 0.819 bits per heavy atom. The number of benzene rings is 10.